The molecule has 0 fully saturated rings. The van der Waals surface area contributed by atoms with Crippen molar-refractivity contribution in [1.29, 1.82) is 0 Å². The molecule has 0 rings (SSSR count). The van der Waals surface area contributed by atoms with Gasteiger partial charge in [-0.3, -0.25) is 0 Å². The van der Waals surface area contributed by atoms with E-state index in [1.807, 2.05) is 12.2 Å². The Morgan fingerprint density at radius 1 is 1.00 bits per heavy atom. The van der Waals surface area contributed by atoms with Gasteiger partial charge in [0.25, 0.3) is 0 Å². The lowest BCUT2D eigenvalue weighted by molar-refractivity contribution is 0.163. The highest BCUT2D eigenvalue weighted by atomic mass is 16.3. The molecule has 0 aromatic heterocycles. The molecule has 0 amide bonds. The Morgan fingerprint density at radius 2 is 1.59 bits per heavy atom. The Kier molecular flexibility index (Phi) is 13.1. The summed E-state index contributed by atoms with van der Waals surface area (Å²) in [4.78, 5) is 0. The molecule has 1 atom stereocenters. The van der Waals surface area contributed by atoms with Crippen molar-refractivity contribution < 1.29 is 5.11 Å². The first-order valence-corrected chi connectivity index (χ1v) is 7.26. The van der Waals surface area contributed by atoms with Crippen LogP contribution in [0.25, 0.3) is 0 Å². The zero-order valence-corrected chi connectivity index (χ0v) is 11.5. The Bertz CT molecular complexity index is 184. The lowest BCUT2D eigenvalue weighted by atomic mass is 10.0. The van der Waals surface area contributed by atoms with Gasteiger partial charge in [-0.25, -0.2) is 0 Å². The molecule has 1 heteroatoms. The van der Waals surface area contributed by atoms with E-state index in [-0.39, 0.29) is 6.10 Å². The van der Waals surface area contributed by atoms with Gasteiger partial charge in [0, 0.05) is 0 Å². The molecule has 0 aromatic rings. The summed E-state index contributed by atoms with van der Waals surface area (Å²) in [5.74, 6) is 0. The molecular weight excluding hydrogens is 208 g/mol. The van der Waals surface area contributed by atoms with Crippen LogP contribution in [0.15, 0.2) is 24.8 Å². The highest BCUT2D eigenvalue weighted by Gasteiger charge is 2.00. The standard InChI is InChI=1S/C16H30O/c1-3-5-7-8-9-10-11-13-15-16(17)14-12-6-4-2/h4,6,12,16-17H,2-3,5,7-11,13-15H2,1H3. The summed E-state index contributed by atoms with van der Waals surface area (Å²) in [6.07, 6.45) is 17.8. The maximum absolute atomic E-state index is 9.66. The SMILES string of the molecule is C=CC=CCC(O)CCCCCCCCCC. The highest BCUT2D eigenvalue weighted by Crippen LogP contribution is 2.11. The second-order valence-corrected chi connectivity index (χ2v) is 4.82. The highest BCUT2D eigenvalue weighted by molar-refractivity contribution is 4.97. The molecule has 0 aliphatic rings. The van der Waals surface area contributed by atoms with Crippen LogP contribution in [0.1, 0.15) is 71.1 Å². The molecule has 100 valence electrons. The van der Waals surface area contributed by atoms with Crippen LogP contribution < -0.4 is 0 Å². The van der Waals surface area contributed by atoms with Crippen LogP contribution in [-0.2, 0) is 0 Å². The zero-order valence-electron chi connectivity index (χ0n) is 11.5. The van der Waals surface area contributed by atoms with Crippen molar-refractivity contribution in [3.63, 3.8) is 0 Å². The first-order valence-electron chi connectivity index (χ1n) is 7.26. The molecular formula is C16H30O. The minimum Gasteiger partial charge on any atom is -0.393 e. The number of hydrogen-bond donors (Lipinski definition) is 1. The smallest absolute Gasteiger partial charge is 0.0574 e. The second-order valence-electron chi connectivity index (χ2n) is 4.82. The minimum atomic E-state index is -0.161. The molecule has 0 saturated heterocycles. The van der Waals surface area contributed by atoms with Gasteiger partial charge in [-0.1, -0.05) is 83.1 Å². The number of aliphatic hydroxyl groups is 1. The lowest BCUT2D eigenvalue weighted by Crippen LogP contribution is -2.04. The van der Waals surface area contributed by atoms with E-state index in [0.717, 1.165) is 19.3 Å². The molecule has 1 N–H and O–H groups in total. The van der Waals surface area contributed by atoms with Crippen molar-refractivity contribution >= 4 is 0 Å². The molecule has 1 nitrogen and oxygen atoms in total. The van der Waals surface area contributed by atoms with E-state index in [9.17, 15) is 5.11 Å². The van der Waals surface area contributed by atoms with Crippen LogP contribution in [0.2, 0.25) is 0 Å². The summed E-state index contributed by atoms with van der Waals surface area (Å²) in [6.45, 7) is 5.86. The largest absolute Gasteiger partial charge is 0.393 e. The maximum Gasteiger partial charge on any atom is 0.0574 e. The fourth-order valence-corrected chi connectivity index (χ4v) is 1.96. The number of rotatable bonds is 12. The van der Waals surface area contributed by atoms with Gasteiger partial charge in [0.05, 0.1) is 6.10 Å². The molecule has 0 aliphatic heterocycles. The summed E-state index contributed by atoms with van der Waals surface area (Å²) in [5, 5.41) is 9.66. The van der Waals surface area contributed by atoms with Gasteiger partial charge in [0.1, 0.15) is 0 Å². The Hall–Kier alpha value is -0.560. The molecule has 1 unspecified atom stereocenters. The third kappa shape index (κ3) is 13.4. The number of unbranched alkanes of at least 4 members (excludes halogenated alkanes) is 7. The van der Waals surface area contributed by atoms with E-state index >= 15 is 0 Å². The van der Waals surface area contributed by atoms with E-state index in [2.05, 4.69) is 13.5 Å². The van der Waals surface area contributed by atoms with Crippen molar-refractivity contribution in [3.8, 4) is 0 Å². The van der Waals surface area contributed by atoms with Crippen molar-refractivity contribution in [1.82, 2.24) is 0 Å². The van der Waals surface area contributed by atoms with Crippen molar-refractivity contribution in [2.45, 2.75) is 77.2 Å². The monoisotopic (exact) mass is 238 g/mol. The van der Waals surface area contributed by atoms with E-state index in [1.165, 1.54) is 44.9 Å². The van der Waals surface area contributed by atoms with Gasteiger partial charge in [-0.05, 0) is 12.8 Å². The number of hydrogen-bond acceptors (Lipinski definition) is 1. The van der Waals surface area contributed by atoms with Crippen LogP contribution in [0.4, 0.5) is 0 Å². The van der Waals surface area contributed by atoms with E-state index < -0.39 is 0 Å². The van der Waals surface area contributed by atoms with Gasteiger partial charge in [0.2, 0.25) is 0 Å². The molecule has 0 heterocycles. The molecule has 0 bridgehead atoms. The van der Waals surface area contributed by atoms with E-state index in [0.29, 0.717) is 0 Å². The predicted molar refractivity (Wildman–Crippen MR) is 77.2 cm³/mol. The minimum absolute atomic E-state index is 0.161. The fourth-order valence-electron chi connectivity index (χ4n) is 1.96. The first kappa shape index (κ1) is 16.4. The fraction of sp³-hybridized carbons (Fsp3) is 0.750. The Morgan fingerprint density at radius 3 is 2.18 bits per heavy atom. The van der Waals surface area contributed by atoms with Gasteiger partial charge < -0.3 is 5.11 Å². The molecule has 0 saturated carbocycles. The van der Waals surface area contributed by atoms with Crippen molar-refractivity contribution in [3.05, 3.63) is 24.8 Å². The van der Waals surface area contributed by atoms with Crippen LogP contribution in [-0.4, -0.2) is 11.2 Å². The van der Waals surface area contributed by atoms with Crippen LogP contribution in [0.3, 0.4) is 0 Å². The van der Waals surface area contributed by atoms with Gasteiger partial charge in [0.15, 0.2) is 0 Å². The maximum atomic E-state index is 9.66. The Balaban J connectivity index is 3.16. The average molecular weight is 238 g/mol. The molecule has 0 aromatic carbocycles. The predicted octanol–water partition coefficient (Wildman–Crippen LogP) is 5.01. The summed E-state index contributed by atoms with van der Waals surface area (Å²) in [5.41, 5.74) is 0. The normalized spacial score (nSPS) is 13.1. The summed E-state index contributed by atoms with van der Waals surface area (Å²) >= 11 is 0. The zero-order chi connectivity index (χ0) is 12.8. The van der Waals surface area contributed by atoms with Gasteiger partial charge >= 0.3 is 0 Å². The average Bonchev–Trinajstić information content (AvgIpc) is 2.33. The Labute approximate surface area is 108 Å². The van der Waals surface area contributed by atoms with Crippen LogP contribution in [0.5, 0.6) is 0 Å². The van der Waals surface area contributed by atoms with Crippen molar-refractivity contribution in [2.75, 3.05) is 0 Å². The lowest BCUT2D eigenvalue weighted by Gasteiger charge is -2.07. The summed E-state index contributed by atoms with van der Waals surface area (Å²) in [6, 6.07) is 0. The van der Waals surface area contributed by atoms with Gasteiger partial charge in [-0.15, -0.1) is 0 Å². The van der Waals surface area contributed by atoms with Crippen molar-refractivity contribution in [2.24, 2.45) is 0 Å². The summed E-state index contributed by atoms with van der Waals surface area (Å²) in [7, 11) is 0. The topological polar surface area (TPSA) is 20.2 Å². The van der Waals surface area contributed by atoms with Crippen LogP contribution >= 0.6 is 0 Å². The first-order chi connectivity index (χ1) is 8.31. The molecule has 17 heavy (non-hydrogen) atoms. The van der Waals surface area contributed by atoms with Gasteiger partial charge in [-0.2, -0.15) is 0 Å². The quantitative estimate of drug-likeness (QED) is 0.374. The third-order valence-corrected chi connectivity index (χ3v) is 3.07. The van der Waals surface area contributed by atoms with E-state index in [4.69, 9.17) is 0 Å². The molecule has 0 spiro atoms. The number of aliphatic hydroxyl groups excluding tert-OH is 1. The third-order valence-electron chi connectivity index (χ3n) is 3.07. The van der Waals surface area contributed by atoms with E-state index in [1.54, 1.807) is 6.08 Å². The summed E-state index contributed by atoms with van der Waals surface area (Å²) < 4.78 is 0. The number of allylic oxidation sites excluding steroid dienone is 2. The molecule has 0 aliphatic carbocycles. The molecule has 0 radical (unpaired) electrons. The second kappa shape index (κ2) is 13.5. The van der Waals surface area contributed by atoms with Crippen LogP contribution in [0, 0.1) is 0 Å².